The van der Waals surface area contributed by atoms with Gasteiger partial charge in [0.05, 0.1) is 17.7 Å². The largest absolute Gasteiger partial charge is 0.480 e. The molecule has 73 heavy (non-hydrogen) atoms. The van der Waals surface area contributed by atoms with Gasteiger partial charge in [-0.1, -0.05) is 143 Å². The van der Waals surface area contributed by atoms with Crippen molar-refractivity contribution >= 4 is 52.5 Å². The molecule has 1 aromatic heterocycles. The van der Waals surface area contributed by atoms with E-state index in [1.165, 1.54) is 11.5 Å². The molecular weight excluding hydrogens is 931 g/mol. The molecule has 7 atom stereocenters. The Kier molecular flexibility index (Phi) is 19.6. The van der Waals surface area contributed by atoms with Crippen LogP contribution in [0.3, 0.4) is 0 Å². The van der Waals surface area contributed by atoms with Crippen LogP contribution in [0, 0.1) is 11.8 Å². The van der Waals surface area contributed by atoms with Gasteiger partial charge in [0, 0.05) is 18.0 Å². The Morgan fingerprint density at radius 1 is 0.658 bits per heavy atom. The van der Waals surface area contributed by atoms with Gasteiger partial charge in [0.1, 0.15) is 29.3 Å². The van der Waals surface area contributed by atoms with Crippen molar-refractivity contribution in [1.29, 1.82) is 0 Å². The molecule has 0 aliphatic heterocycles. The molecule has 0 aliphatic carbocycles. The number of fused-ring (bicyclic) bond motifs is 1. The molecule has 5 amide bonds. The molecule has 5 rings (SSSR count). The monoisotopic (exact) mass is 1000 g/mol. The number of carboxylic acid groups (broad SMARTS) is 1. The number of aromatic nitrogens is 1. The van der Waals surface area contributed by atoms with Crippen LogP contribution in [0.1, 0.15) is 103 Å². The smallest absolute Gasteiger partial charge is 0.419 e. The van der Waals surface area contributed by atoms with Gasteiger partial charge in [-0.15, -0.1) is 0 Å². The van der Waals surface area contributed by atoms with Crippen LogP contribution in [0.25, 0.3) is 10.9 Å². The van der Waals surface area contributed by atoms with Crippen molar-refractivity contribution in [1.82, 2.24) is 31.2 Å². The lowest BCUT2D eigenvalue weighted by molar-refractivity contribution is -0.145. The molecule has 1 heterocycles. The summed E-state index contributed by atoms with van der Waals surface area (Å²) in [6, 6.07) is 28.3. The Morgan fingerprint density at radius 2 is 1.15 bits per heavy atom. The summed E-state index contributed by atoms with van der Waals surface area (Å²) in [6.45, 7) is 13.7. The van der Waals surface area contributed by atoms with E-state index in [0.29, 0.717) is 22.9 Å². The van der Waals surface area contributed by atoms with E-state index in [1.54, 1.807) is 65.1 Å². The van der Waals surface area contributed by atoms with Gasteiger partial charge >= 0.3 is 12.1 Å². The number of benzene rings is 4. The zero-order valence-electron chi connectivity index (χ0n) is 42.9. The predicted molar refractivity (Wildman–Crippen MR) is 278 cm³/mol. The van der Waals surface area contributed by atoms with Gasteiger partial charge in [-0.25, -0.2) is 9.59 Å². The summed E-state index contributed by atoms with van der Waals surface area (Å²) in [6.07, 6.45) is -0.686. The van der Waals surface area contributed by atoms with Crippen LogP contribution < -0.4 is 32.3 Å². The minimum Gasteiger partial charge on any atom is -0.480 e. The van der Waals surface area contributed by atoms with Crippen molar-refractivity contribution < 1.29 is 48.5 Å². The van der Waals surface area contributed by atoms with Crippen molar-refractivity contribution in [3.05, 3.63) is 144 Å². The molecule has 0 unspecified atom stereocenters. The lowest BCUT2D eigenvalue weighted by Gasteiger charge is -2.37. The minimum absolute atomic E-state index is 0.00107. The van der Waals surface area contributed by atoms with Gasteiger partial charge in [-0.3, -0.25) is 28.5 Å². The average molecular weight is 1000 g/mol. The number of carbonyl (C=O) groups is 7. The highest BCUT2D eigenvalue weighted by Gasteiger charge is 2.39. The van der Waals surface area contributed by atoms with Crippen LogP contribution in [0.15, 0.2) is 121 Å². The Bertz CT molecular complexity index is 2590. The number of aliphatic carboxylic acids is 1. The van der Waals surface area contributed by atoms with Gasteiger partial charge in [0.15, 0.2) is 6.04 Å². The Hall–Kier alpha value is -7.37. The zero-order valence-corrected chi connectivity index (χ0v) is 42.9. The van der Waals surface area contributed by atoms with Crippen molar-refractivity contribution in [2.45, 2.75) is 135 Å². The number of aliphatic hydroxyl groups excluding tert-OH is 1. The molecule has 5 aromatic rings. The lowest BCUT2D eigenvalue weighted by Crippen LogP contribution is -2.60. The topological polar surface area (TPSA) is 260 Å². The summed E-state index contributed by atoms with van der Waals surface area (Å²) >= 11 is 0. The molecule has 0 radical (unpaired) electrons. The lowest BCUT2D eigenvalue weighted by atomic mass is 9.77. The van der Waals surface area contributed by atoms with Crippen molar-refractivity contribution in [3.8, 4) is 0 Å². The quantitative estimate of drug-likeness (QED) is 0.0369. The SMILES string of the molecule is CC[C@H](C)[C@H](NC(=O)[C@H](CC(C)C)NC(=O)[C@@H](N)Cc1cn(C(=O)OC(C)(C)C)c2ccccc12)C(=O)N[C@@H](CCC(=O)NC(c1ccccc1)(c1ccccc1)c1ccccc1)C(=O)N[C@H](C(=O)O)[C@@H](C)O. The standard InChI is InChI=1S/C56H71N7O10/c1-9-35(4)47(60-51(68)44(31-34(2)3)59-49(66)42(57)32-37-33-63(54(72)73-55(6,7)8)45-28-20-19-27-41(37)45)52(69)58-43(50(67)61-48(36(5)64)53(70)71)29-30-46(65)62-56(38-21-13-10-14-22-38,39-23-15-11-16-24-39)40-25-17-12-18-26-40/h10-28,33-36,42-44,47-48,64H,9,29-32,57H2,1-8H3,(H,58,69)(H,59,66)(H,60,68)(H,61,67)(H,62,65)(H,70,71)/t35-,36+,42-,43-,44-,47-,48-/m0/s1. The van der Waals surface area contributed by atoms with Crippen LogP contribution in [0.2, 0.25) is 0 Å². The van der Waals surface area contributed by atoms with Gasteiger partial charge in [-0.05, 0) is 87.1 Å². The Balaban J connectivity index is 1.38. The number of carboxylic acids is 1. The van der Waals surface area contributed by atoms with E-state index in [2.05, 4.69) is 26.6 Å². The number of hydrogen-bond acceptors (Lipinski definition) is 10. The van der Waals surface area contributed by atoms with E-state index in [9.17, 15) is 43.8 Å². The van der Waals surface area contributed by atoms with E-state index >= 15 is 0 Å². The van der Waals surface area contributed by atoms with E-state index in [0.717, 1.165) is 16.7 Å². The second-order valence-corrected chi connectivity index (χ2v) is 20.0. The van der Waals surface area contributed by atoms with Gasteiger partial charge in [-0.2, -0.15) is 0 Å². The summed E-state index contributed by atoms with van der Waals surface area (Å²) in [5.41, 5.74) is 7.93. The number of carbonyl (C=O) groups excluding carboxylic acids is 6. The first kappa shape index (κ1) is 56.5. The molecule has 17 heteroatoms. The number of amides is 5. The highest BCUT2D eigenvalue weighted by molar-refractivity contribution is 5.97. The van der Waals surface area contributed by atoms with Crippen LogP contribution in [-0.2, 0) is 45.5 Å². The Morgan fingerprint density at radius 3 is 1.64 bits per heavy atom. The summed E-state index contributed by atoms with van der Waals surface area (Å²) in [7, 11) is 0. The summed E-state index contributed by atoms with van der Waals surface area (Å²) < 4.78 is 6.97. The molecule has 9 N–H and O–H groups in total. The molecule has 0 saturated heterocycles. The van der Waals surface area contributed by atoms with Crippen LogP contribution >= 0.6 is 0 Å². The van der Waals surface area contributed by atoms with E-state index in [4.69, 9.17) is 10.5 Å². The first-order chi connectivity index (χ1) is 34.6. The fourth-order valence-electron chi connectivity index (χ4n) is 8.64. The van der Waals surface area contributed by atoms with Gasteiger partial charge in [0.25, 0.3) is 0 Å². The van der Waals surface area contributed by atoms with Crippen molar-refractivity contribution in [3.63, 3.8) is 0 Å². The maximum absolute atomic E-state index is 14.5. The number of nitrogens with two attached hydrogens (primary N) is 1. The first-order valence-electron chi connectivity index (χ1n) is 24.7. The Labute approximate surface area is 427 Å². The third-order valence-corrected chi connectivity index (χ3v) is 12.6. The van der Waals surface area contributed by atoms with Crippen molar-refractivity contribution in [2.75, 3.05) is 0 Å². The number of rotatable bonds is 23. The average Bonchev–Trinajstić information content (AvgIpc) is 3.72. The maximum atomic E-state index is 14.5. The fourth-order valence-corrected chi connectivity index (χ4v) is 8.64. The van der Waals surface area contributed by atoms with Crippen molar-refractivity contribution in [2.24, 2.45) is 17.6 Å². The number of hydrogen-bond donors (Lipinski definition) is 8. The second-order valence-electron chi connectivity index (χ2n) is 20.0. The first-order valence-corrected chi connectivity index (χ1v) is 24.7. The van der Waals surface area contributed by atoms with Crippen LogP contribution in [0.5, 0.6) is 0 Å². The predicted octanol–water partition coefficient (Wildman–Crippen LogP) is 5.68. The molecule has 0 saturated carbocycles. The van der Waals surface area contributed by atoms with E-state index in [1.807, 2.05) is 105 Å². The molecule has 4 aromatic carbocycles. The minimum atomic E-state index is -1.76. The molecule has 0 spiro atoms. The number of nitrogens with one attached hydrogen (secondary N) is 5. The number of para-hydroxylation sites is 1. The maximum Gasteiger partial charge on any atom is 0.419 e. The molecule has 0 fully saturated rings. The van der Waals surface area contributed by atoms with Gasteiger partial charge in [0.2, 0.25) is 29.5 Å². The second kappa shape index (κ2) is 25.3. The zero-order chi connectivity index (χ0) is 53.6. The molecule has 0 bridgehead atoms. The van der Waals surface area contributed by atoms with E-state index < -0.39 is 95.0 Å². The highest BCUT2D eigenvalue weighted by atomic mass is 16.6. The molecule has 390 valence electrons. The molecular formula is C56H71N7O10. The summed E-state index contributed by atoms with van der Waals surface area (Å²) in [5.74, 6) is -5.85. The number of ether oxygens (including phenoxy) is 1. The number of nitrogens with zero attached hydrogens (tertiary/aromatic N) is 1. The highest BCUT2D eigenvalue weighted by Crippen LogP contribution is 2.37. The third-order valence-electron chi connectivity index (χ3n) is 12.6. The van der Waals surface area contributed by atoms with Gasteiger partial charge < -0.3 is 47.3 Å². The third kappa shape index (κ3) is 14.9. The molecule has 0 aliphatic rings. The van der Waals surface area contributed by atoms with Crippen LogP contribution in [0.4, 0.5) is 4.79 Å². The summed E-state index contributed by atoms with van der Waals surface area (Å²) in [5, 5.41) is 34.6. The fraction of sp³-hybridized carbons (Fsp3) is 0.411. The van der Waals surface area contributed by atoms with E-state index in [-0.39, 0.29) is 31.6 Å². The number of aliphatic hydroxyl groups is 1. The summed E-state index contributed by atoms with van der Waals surface area (Å²) in [4.78, 5) is 96.3. The molecule has 17 nitrogen and oxygen atoms in total. The van der Waals surface area contributed by atoms with Crippen LogP contribution in [-0.4, -0.2) is 98.3 Å². The normalized spacial score (nSPS) is 14.6.